The summed E-state index contributed by atoms with van der Waals surface area (Å²) in [5, 5.41) is 3.80. The van der Waals surface area contributed by atoms with Gasteiger partial charge in [-0.15, -0.1) is 0 Å². The van der Waals surface area contributed by atoms with E-state index in [9.17, 15) is 4.79 Å². The summed E-state index contributed by atoms with van der Waals surface area (Å²) in [6.45, 7) is 6.52. The summed E-state index contributed by atoms with van der Waals surface area (Å²) in [5.41, 5.74) is 3.58. The number of piperidine rings is 1. The van der Waals surface area contributed by atoms with E-state index in [1.165, 1.54) is 11.3 Å². The highest BCUT2D eigenvalue weighted by Gasteiger charge is 2.29. The molecule has 0 radical (unpaired) electrons. The lowest BCUT2D eigenvalue weighted by atomic mass is 10.0. The van der Waals surface area contributed by atoms with Crippen molar-refractivity contribution in [3.8, 4) is 0 Å². The van der Waals surface area contributed by atoms with E-state index < -0.39 is 0 Å². The second-order valence-electron chi connectivity index (χ2n) is 8.56. The molecule has 154 valence electrons. The number of carbonyl (C=O) groups excluding carboxylic acids is 1. The second-order valence-corrected chi connectivity index (χ2v) is 8.56. The first kappa shape index (κ1) is 19.9. The van der Waals surface area contributed by atoms with Gasteiger partial charge in [0, 0.05) is 61.4 Å². The highest BCUT2D eigenvalue weighted by Crippen LogP contribution is 2.29. The molecule has 0 spiro atoms. The van der Waals surface area contributed by atoms with Crippen LogP contribution in [0.3, 0.4) is 0 Å². The van der Waals surface area contributed by atoms with Crippen LogP contribution in [0.4, 0.5) is 11.4 Å². The number of rotatable bonds is 6. The number of anilines is 2. The Labute approximate surface area is 174 Å². The molecule has 5 nitrogen and oxygen atoms in total. The van der Waals surface area contributed by atoms with Gasteiger partial charge in [-0.2, -0.15) is 0 Å². The molecule has 0 bridgehead atoms. The fraction of sp³-hybridized carbons (Fsp3) is 0.500. The summed E-state index contributed by atoms with van der Waals surface area (Å²) in [6.07, 6.45) is 8.74. The number of benzene rings is 1. The van der Waals surface area contributed by atoms with Crippen molar-refractivity contribution in [3.63, 3.8) is 0 Å². The van der Waals surface area contributed by atoms with Crippen LogP contribution in [0.15, 0.2) is 48.8 Å². The summed E-state index contributed by atoms with van der Waals surface area (Å²) in [5.74, 6) is 0.248. The van der Waals surface area contributed by atoms with Crippen molar-refractivity contribution in [2.24, 2.45) is 0 Å². The van der Waals surface area contributed by atoms with Crippen LogP contribution in [0.2, 0.25) is 0 Å². The van der Waals surface area contributed by atoms with E-state index in [1.807, 2.05) is 23.4 Å². The third kappa shape index (κ3) is 4.78. The number of hydrogen-bond donors (Lipinski definition) is 1. The van der Waals surface area contributed by atoms with Crippen LogP contribution in [0, 0.1) is 0 Å². The van der Waals surface area contributed by atoms with Gasteiger partial charge in [-0.25, -0.2) is 0 Å². The lowest BCUT2D eigenvalue weighted by Crippen LogP contribution is -2.46. The van der Waals surface area contributed by atoms with Crippen LogP contribution < -0.4 is 15.1 Å². The smallest absolute Gasteiger partial charge is 0.227 e. The van der Waals surface area contributed by atoms with E-state index in [2.05, 4.69) is 59.4 Å². The molecule has 2 aliphatic rings. The van der Waals surface area contributed by atoms with E-state index in [0.717, 1.165) is 44.5 Å². The number of nitrogens with zero attached hydrogens (tertiary/aromatic N) is 3. The molecule has 29 heavy (non-hydrogen) atoms. The average molecular weight is 393 g/mol. The average Bonchev–Trinajstić information content (AvgIpc) is 3.07. The molecule has 1 N–H and O–H groups in total. The quantitative estimate of drug-likeness (QED) is 0.813. The zero-order valence-electron chi connectivity index (χ0n) is 17.6. The van der Waals surface area contributed by atoms with Crippen LogP contribution in [0.5, 0.6) is 0 Å². The third-order valence-electron chi connectivity index (χ3n) is 6.26. The molecule has 1 aromatic heterocycles. The monoisotopic (exact) mass is 392 g/mol. The predicted octanol–water partition coefficient (Wildman–Crippen LogP) is 3.79. The zero-order valence-corrected chi connectivity index (χ0v) is 17.6. The van der Waals surface area contributed by atoms with Gasteiger partial charge in [0.1, 0.15) is 0 Å². The molecular formula is C24H32N4O. The summed E-state index contributed by atoms with van der Waals surface area (Å²) < 4.78 is 0. The van der Waals surface area contributed by atoms with Gasteiger partial charge >= 0.3 is 0 Å². The molecule has 2 saturated heterocycles. The van der Waals surface area contributed by atoms with Crippen molar-refractivity contribution in [3.05, 3.63) is 54.4 Å². The maximum atomic E-state index is 12.1. The van der Waals surface area contributed by atoms with Gasteiger partial charge in [0.15, 0.2) is 0 Å². The number of amides is 1. The summed E-state index contributed by atoms with van der Waals surface area (Å²) in [4.78, 5) is 20.7. The van der Waals surface area contributed by atoms with Crippen molar-refractivity contribution >= 4 is 17.3 Å². The van der Waals surface area contributed by atoms with Gasteiger partial charge in [0.05, 0.1) is 0 Å². The summed E-state index contributed by atoms with van der Waals surface area (Å²) in [7, 11) is 0. The molecule has 0 unspecified atom stereocenters. The van der Waals surface area contributed by atoms with Crippen LogP contribution in [0.25, 0.3) is 0 Å². The fourth-order valence-corrected chi connectivity index (χ4v) is 4.69. The van der Waals surface area contributed by atoms with Crippen LogP contribution in [0.1, 0.15) is 45.1 Å². The van der Waals surface area contributed by atoms with Gasteiger partial charge in [-0.1, -0.05) is 6.07 Å². The van der Waals surface area contributed by atoms with E-state index >= 15 is 0 Å². The Balaban J connectivity index is 1.27. The Hall–Kier alpha value is -2.40. The number of carbonyl (C=O) groups is 1. The molecule has 4 rings (SSSR count). The van der Waals surface area contributed by atoms with Crippen molar-refractivity contribution in [1.82, 2.24) is 10.3 Å². The molecule has 2 aliphatic heterocycles. The van der Waals surface area contributed by atoms with Crippen LogP contribution in [-0.4, -0.2) is 42.1 Å². The number of aromatic nitrogens is 1. The Bertz CT molecular complexity index is 799. The second kappa shape index (κ2) is 8.95. The number of hydrogen-bond acceptors (Lipinski definition) is 4. The first-order chi connectivity index (χ1) is 14.1. The van der Waals surface area contributed by atoms with Crippen molar-refractivity contribution in [2.75, 3.05) is 22.9 Å². The fourth-order valence-electron chi connectivity index (χ4n) is 4.69. The number of nitrogens with one attached hydrogen (secondary N) is 1. The maximum Gasteiger partial charge on any atom is 0.227 e. The first-order valence-electron chi connectivity index (χ1n) is 10.9. The van der Waals surface area contributed by atoms with Gasteiger partial charge in [0.2, 0.25) is 5.91 Å². The molecule has 0 saturated carbocycles. The van der Waals surface area contributed by atoms with E-state index in [4.69, 9.17) is 0 Å². The van der Waals surface area contributed by atoms with E-state index in [0.29, 0.717) is 24.5 Å². The summed E-state index contributed by atoms with van der Waals surface area (Å²) >= 11 is 0. The highest BCUT2D eigenvalue weighted by molar-refractivity contribution is 5.96. The van der Waals surface area contributed by atoms with Crippen LogP contribution in [-0.2, 0) is 11.2 Å². The molecule has 2 aromatic rings. The van der Waals surface area contributed by atoms with Crippen molar-refractivity contribution < 1.29 is 4.79 Å². The minimum atomic E-state index is 0.248. The summed E-state index contributed by atoms with van der Waals surface area (Å²) in [6, 6.07) is 14.0. The van der Waals surface area contributed by atoms with E-state index in [-0.39, 0.29) is 5.91 Å². The predicted molar refractivity (Wildman–Crippen MR) is 118 cm³/mol. The van der Waals surface area contributed by atoms with Crippen molar-refractivity contribution in [1.29, 1.82) is 0 Å². The van der Waals surface area contributed by atoms with Gasteiger partial charge < -0.3 is 15.1 Å². The maximum absolute atomic E-state index is 12.1. The van der Waals surface area contributed by atoms with E-state index in [1.54, 1.807) is 0 Å². The van der Waals surface area contributed by atoms with Gasteiger partial charge in [-0.3, -0.25) is 9.78 Å². The largest absolute Gasteiger partial charge is 0.371 e. The van der Waals surface area contributed by atoms with Gasteiger partial charge in [-0.05, 0) is 75.4 Å². The Morgan fingerprint density at radius 2 is 1.83 bits per heavy atom. The molecule has 1 aromatic carbocycles. The molecule has 3 heterocycles. The number of pyridine rings is 1. The zero-order chi connectivity index (χ0) is 20.2. The minimum Gasteiger partial charge on any atom is -0.371 e. The molecule has 5 heteroatoms. The standard InChI is InChI=1S/C24H32N4O/c1-18(16-20-4-3-13-25-17-20)26-21-11-14-27(15-12-21)22-6-8-23(9-7-22)28-19(2)5-10-24(28)29/h3-4,6-9,13,17-19,21,26H,5,10-12,14-16H2,1-2H3/t18-,19-/m0/s1. The van der Waals surface area contributed by atoms with Crippen molar-refractivity contribution in [2.45, 2.75) is 64.1 Å². The van der Waals surface area contributed by atoms with Gasteiger partial charge in [0.25, 0.3) is 0 Å². The highest BCUT2D eigenvalue weighted by atomic mass is 16.2. The topological polar surface area (TPSA) is 48.5 Å². The molecule has 1 amide bonds. The first-order valence-corrected chi connectivity index (χ1v) is 10.9. The van der Waals surface area contributed by atoms with Crippen LogP contribution >= 0.6 is 0 Å². The molecule has 2 fully saturated rings. The molecule has 0 aliphatic carbocycles. The lowest BCUT2D eigenvalue weighted by Gasteiger charge is -2.35. The normalized spacial score (nSPS) is 21.6. The molecular weight excluding hydrogens is 360 g/mol. The molecule has 2 atom stereocenters. The lowest BCUT2D eigenvalue weighted by molar-refractivity contribution is -0.117. The Morgan fingerprint density at radius 3 is 2.45 bits per heavy atom. The Morgan fingerprint density at radius 1 is 1.10 bits per heavy atom. The Kier molecular flexibility index (Phi) is 6.14. The SMILES string of the molecule is C[C@@H](Cc1cccnc1)NC1CCN(c2ccc(N3C(=O)CC[C@@H]3C)cc2)CC1. The minimum absolute atomic E-state index is 0.248. The third-order valence-corrected chi connectivity index (χ3v) is 6.26.